The molecule has 0 saturated heterocycles. The number of anilines is 1. The lowest BCUT2D eigenvalue weighted by molar-refractivity contribution is -0.126. The van der Waals surface area contributed by atoms with E-state index in [4.69, 9.17) is 14.6 Å². The molecule has 180 valence electrons. The summed E-state index contributed by atoms with van der Waals surface area (Å²) in [7, 11) is 0. The van der Waals surface area contributed by atoms with E-state index in [1.54, 1.807) is 40.8 Å². The summed E-state index contributed by atoms with van der Waals surface area (Å²) in [5.41, 5.74) is 2.27. The summed E-state index contributed by atoms with van der Waals surface area (Å²) in [6.07, 6.45) is 0. The number of carbonyl (C=O) groups is 2. The van der Waals surface area contributed by atoms with E-state index in [9.17, 15) is 9.59 Å². The number of hydrogen-bond donors (Lipinski definition) is 1. The molecule has 36 heavy (non-hydrogen) atoms. The van der Waals surface area contributed by atoms with Gasteiger partial charge < -0.3 is 14.8 Å². The van der Waals surface area contributed by atoms with Crippen molar-refractivity contribution in [3.8, 4) is 22.8 Å². The van der Waals surface area contributed by atoms with Crippen LogP contribution in [0, 0.1) is 0 Å². The summed E-state index contributed by atoms with van der Waals surface area (Å²) in [4.78, 5) is 29.3. The molecule has 8 nitrogen and oxygen atoms in total. The third-order valence-corrected chi connectivity index (χ3v) is 6.62. The van der Waals surface area contributed by atoms with E-state index in [1.165, 1.54) is 0 Å². The zero-order chi connectivity index (χ0) is 24.7. The number of aromatic nitrogens is 2. The highest BCUT2D eigenvalue weighted by Gasteiger charge is 2.49. The van der Waals surface area contributed by atoms with Gasteiger partial charge in [0.25, 0.3) is 5.91 Å². The van der Waals surface area contributed by atoms with E-state index in [-0.39, 0.29) is 25.2 Å². The molecule has 8 heteroatoms. The van der Waals surface area contributed by atoms with Crippen LogP contribution in [0.3, 0.4) is 0 Å². The van der Waals surface area contributed by atoms with E-state index in [0.717, 1.165) is 11.1 Å². The van der Waals surface area contributed by atoms with Crippen molar-refractivity contribution in [3.05, 3.63) is 96.2 Å². The first kappa shape index (κ1) is 21.9. The van der Waals surface area contributed by atoms with Crippen LogP contribution in [0.25, 0.3) is 11.3 Å². The van der Waals surface area contributed by atoms with Crippen LogP contribution in [0.2, 0.25) is 0 Å². The number of nitrogens with zero attached hydrogens (tertiary/aromatic N) is 3. The maximum Gasteiger partial charge on any atom is 0.277 e. The van der Waals surface area contributed by atoms with Crippen LogP contribution in [-0.2, 0) is 17.9 Å². The van der Waals surface area contributed by atoms with E-state index in [1.807, 2.05) is 60.7 Å². The van der Waals surface area contributed by atoms with Crippen molar-refractivity contribution in [3.63, 3.8) is 0 Å². The van der Waals surface area contributed by atoms with Gasteiger partial charge in [-0.3, -0.25) is 19.2 Å². The van der Waals surface area contributed by atoms with Gasteiger partial charge in [-0.15, -0.1) is 0 Å². The Hall–Kier alpha value is -4.59. The fraction of sp³-hybridized carbons (Fsp3) is 0.179. The van der Waals surface area contributed by atoms with Gasteiger partial charge in [0, 0.05) is 23.9 Å². The zero-order valence-electron chi connectivity index (χ0n) is 19.7. The Labute approximate surface area is 208 Å². The maximum atomic E-state index is 14.0. The number of hydrogen-bond acceptors (Lipinski definition) is 5. The molecule has 0 saturated carbocycles. The molecule has 0 unspecified atom stereocenters. The molecule has 0 bridgehead atoms. The Kier molecular flexibility index (Phi) is 5.21. The fourth-order valence-electron chi connectivity index (χ4n) is 4.73. The second-order valence-corrected chi connectivity index (χ2v) is 9.06. The van der Waals surface area contributed by atoms with Gasteiger partial charge in [-0.1, -0.05) is 60.7 Å². The van der Waals surface area contributed by atoms with Crippen molar-refractivity contribution in [1.82, 2.24) is 15.1 Å². The Bertz CT molecular complexity index is 1450. The molecule has 1 N–H and O–H groups in total. The van der Waals surface area contributed by atoms with E-state index < -0.39 is 5.54 Å². The molecule has 0 fully saturated rings. The fourth-order valence-corrected chi connectivity index (χ4v) is 4.73. The highest BCUT2D eigenvalue weighted by atomic mass is 16.7. The summed E-state index contributed by atoms with van der Waals surface area (Å²) in [5.74, 6) is 0.554. The number of carbonyl (C=O) groups excluding carboxylic acids is 2. The smallest absolute Gasteiger partial charge is 0.277 e. The predicted molar refractivity (Wildman–Crippen MR) is 134 cm³/mol. The van der Waals surface area contributed by atoms with Gasteiger partial charge in [0.15, 0.2) is 11.5 Å². The Morgan fingerprint density at radius 2 is 1.69 bits per heavy atom. The largest absolute Gasteiger partial charge is 0.454 e. The number of amides is 2. The zero-order valence-corrected chi connectivity index (χ0v) is 19.7. The molecule has 0 spiro atoms. The molecule has 2 aliphatic heterocycles. The van der Waals surface area contributed by atoms with Crippen LogP contribution < -0.4 is 19.7 Å². The Balaban J connectivity index is 1.41. The summed E-state index contributed by atoms with van der Waals surface area (Å²) >= 11 is 0. The summed E-state index contributed by atoms with van der Waals surface area (Å²) < 4.78 is 12.6. The van der Waals surface area contributed by atoms with Crippen molar-refractivity contribution in [1.29, 1.82) is 0 Å². The van der Waals surface area contributed by atoms with Gasteiger partial charge in [-0.25, -0.2) is 0 Å². The standard InChI is InChI=1S/C28H24N4O4/c1-28(27(34)29-16-19-8-4-2-5-9-19)17-31-23(15-22(30-31)20-10-6-3-7-11-20)26(33)32(28)21-12-13-24-25(14-21)36-18-35-24/h2-15H,16-18H2,1H3,(H,29,34)/t28-/m1/s1. The average molecular weight is 481 g/mol. The molecule has 3 aromatic carbocycles. The molecule has 2 amide bonds. The molecular formula is C28H24N4O4. The van der Waals surface area contributed by atoms with Crippen molar-refractivity contribution < 1.29 is 19.1 Å². The predicted octanol–water partition coefficient (Wildman–Crippen LogP) is 4.01. The lowest BCUT2D eigenvalue weighted by Gasteiger charge is -2.43. The number of ether oxygens (including phenoxy) is 2. The highest BCUT2D eigenvalue weighted by molar-refractivity contribution is 6.12. The van der Waals surface area contributed by atoms with Gasteiger partial charge in [0.05, 0.1) is 12.2 Å². The molecule has 0 radical (unpaired) electrons. The monoisotopic (exact) mass is 480 g/mol. The van der Waals surface area contributed by atoms with E-state index in [0.29, 0.717) is 35.1 Å². The molecule has 3 heterocycles. The summed E-state index contributed by atoms with van der Waals surface area (Å²) in [5, 5.41) is 7.72. The van der Waals surface area contributed by atoms with Crippen LogP contribution in [0.15, 0.2) is 84.9 Å². The second kappa shape index (κ2) is 8.57. The SMILES string of the molecule is C[C@]1(C(=O)NCc2ccccc2)Cn2nc(-c3ccccc3)cc2C(=O)N1c1ccc2c(c1)OCO2. The van der Waals surface area contributed by atoms with E-state index >= 15 is 0 Å². The van der Waals surface area contributed by atoms with Crippen LogP contribution >= 0.6 is 0 Å². The number of benzene rings is 3. The van der Waals surface area contributed by atoms with Crippen molar-refractivity contribution in [2.75, 3.05) is 11.7 Å². The minimum absolute atomic E-state index is 0.120. The molecule has 2 aliphatic rings. The highest BCUT2D eigenvalue weighted by Crippen LogP contribution is 2.40. The van der Waals surface area contributed by atoms with Gasteiger partial charge >= 0.3 is 0 Å². The van der Waals surface area contributed by atoms with Gasteiger partial charge in [0.1, 0.15) is 11.2 Å². The first-order chi connectivity index (χ1) is 17.5. The molecule has 0 aliphatic carbocycles. The molecule has 1 aromatic heterocycles. The van der Waals surface area contributed by atoms with E-state index in [2.05, 4.69) is 5.32 Å². The number of nitrogens with one attached hydrogen (secondary N) is 1. The summed E-state index contributed by atoms with van der Waals surface area (Å²) in [6, 6.07) is 26.4. The van der Waals surface area contributed by atoms with Crippen LogP contribution in [0.1, 0.15) is 23.0 Å². The van der Waals surface area contributed by atoms with Gasteiger partial charge in [0.2, 0.25) is 12.7 Å². The second-order valence-electron chi connectivity index (χ2n) is 9.06. The lowest BCUT2D eigenvalue weighted by Crippen LogP contribution is -2.64. The molecule has 1 atom stereocenters. The number of rotatable bonds is 5. The van der Waals surface area contributed by atoms with Crippen molar-refractivity contribution in [2.24, 2.45) is 0 Å². The quantitative estimate of drug-likeness (QED) is 0.467. The minimum Gasteiger partial charge on any atom is -0.454 e. The van der Waals surface area contributed by atoms with Crippen LogP contribution in [0.5, 0.6) is 11.5 Å². The third-order valence-electron chi connectivity index (χ3n) is 6.62. The van der Waals surface area contributed by atoms with Crippen LogP contribution in [0.4, 0.5) is 5.69 Å². The van der Waals surface area contributed by atoms with Crippen molar-refractivity contribution in [2.45, 2.75) is 25.6 Å². The van der Waals surface area contributed by atoms with Crippen molar-refractivity contribution >= 4 is 17.5 Å². The first-order valence-electron chi connectivity index (χ1n) is 11.7. The van der Waals surface area contributed by atoms with Gasteiger partial charge in [-0.2, -0.15) is 5.10 Å². The number of fused-ring (bicyclic) bond motifs is 2. The lowest BCUT2D eigenvalue weighted by atomic mass is 9.93. The third kappa shape index (κ3) is 3.67. The van der Waals surface area contributed by atoms with Crippen LogP contribution in [-0.4, -0.2) is 33.9 Å². The first-order valence-corrected chi connectivity index (χ1v) is 11.7. The van der Waals surface area contributed by atoms with Gasteiger partial charge in [-0.05, 0) is 30.7 Å². The molecule has 6 rings (SSSR count). The average Bonchev–Trinajstić information content (AvgIpc) is 3.55. The minimum atomic E-state index is -1.24. The molecule has 4 aromatic rings. The Morgan fingerprint density at radius 3 is 2.47 bits per heavy atom. The topological polar surface area (TPSA) is 85.7 Å². The Morgan fingerprint density at radius 1 is 0.972 bits per heavy atom. The molecular weight excluding hydrogens is 456 g/mol. The maximum absolute atomic E-state index is 14.0. The summed E-state index contributed by atoms with van der Waals surface area (Å²) in [6.45, 7) is 2.42. The normalized spacial score (nSPS) is 18.1.